The van der Waals surface area contributed by atoms with Crippen LogP contribution in [0.15, 0.2) is 23.1 Å². The van der Waals surface area contributed by atoms with E-state index in [0.717, 1.165) is 0 Å². The second kappa shape index (κ2) is 5.66. The van der Waals surface area contributed by atoms with E-state index >= 15 is 0 Å². The molecule has 0 aliphatic heterocycles. The second-order valence-corrected chi connectivity index (χ2v) is 6.97. The lowest BCUT2D eigenvalue weighted by molar-refractivity contribution is 0.329. The Morgan fingerprint density at radius 3 is 2.74 bits per heavy atom. The van der Waals surface area contributed by atoms with E-state index in [1.807, 2.05) is 7.05 Å². The SMILES string of the molecule is CN(CCNS(=O)(=O)c1ccc(Cl)c(N)c1)C1CC1. The van der Waals surface area contributed by atoms with Gasteiger partial charge in [-0.2, -0.15) is 0 Å². The van der Waals surface area contributed by atoms with E-state index in [-0.39, 0.29) is 10.6 Å². The molecule has 0 amide bonds. The molecule has 19 heavy (non-hydrogen) atoms. The number of nitrogens with zero attached hydrogens (tertiary/aromatic N) is 1. The second-order valence-electron chi connectivity index (χ2n) is 4.79. The maximum absolute atomic E-state index is 12.0. The zero-order valence-electron chi connectivity index (χ0n) is 10.8. The lowest BCUT2D eigenvalue weighted by Crippen LogP contribution is -2.34. The number of hydrogen-bond donors (Lipinski definition) is 2. The Bertz CT molecular complexity index is 558. The van der Waals surface area contributed by atoms with Crippen LogP contribution in [-0.2, 0) is 10.0 Å². The quantitative estimate of drug-likeness (QED) is 0.777. The number of rotatable bonds is 6. The minimum atomic E-state index is -3.52. The molecule has 0 unspecified atom stereocenters. The summed E-state index contributed by atoms with van der Waals surface area (Å²) in [7, 11) is -1.51. The molecule has 0 atom stereocenters. The molecule has 1 aliphatic rings. The average molecular weight is 304 g/mol. The fourth-order valence-corrected chi connectivity index (χ4v) is 3.00. The molecule has 0 saturated heterocycles. The molecule has 0 bridgehead atoms. The van der Waals surface area contributed by atoms with Crippen LogP contribution in [-0.4, -0.2) is 39.5 Å². The van der Waals surface area contributed by atoms with Crippen LogP contribution in [0.1, 0.15) is 12.8 Å². The summed E-state index contributed by atoms with van der Waals surface area (Å²) in [6.07, 6.45) is 2.41. The van der Waals surface area contributed by atoms with Crippen molar-refractivity contribution in [3.05, 3.63) is 23.2 Å². The number of nitrogen functional groups attached to an aromatic ring is 1. The van der Waals surface area contributed by atoms with Gasteiger partial charge in [-0.3, -0.25) is 0 Å². The van der Waals surface area contributed by atoms with Gasteiger partial charge in [0.25, 0.3) is 0 Å². The van der Waals surface area contributed by atoms with E-state index in [1.165, 1.54) is 31.0 Å². The van der Waals surface area contributed by atoms with Crippen molar-refractivity contribution in [3.8, 4) is 0 Å². The van der Waals surface area contributed by atoms with Gasteiger partial charge in [0.05, 0.1) is 15.6 Å². The zero-order valence-corrected chi connectivity index (χ0v) is 12.3. The number of hydrogen-bond acceptors (Lipinski definition) is 4. The van der Waals surface area contributed by atoms with Crippen LogP contribution in [0.3, 0.4) is 0 Å². The van der Waals surface area contributed by atoms with Gasteiger partial charge in [0.15, 0.2) is 0 Å². The summed E-state index contributed by atoms with van der Waals surface area (Å²) in [5.74, 6) is 0. The number of benzene rings is 1. The third kappa shape index (κ3) is 3.82. The number of likely N-dealkylation sites (N-methyl/N-ethyl adjacent to an activating group) is 1. The van der Waals surface area contributed by atoms with E-state index in [4.69, 9.17) is 17.3 Å². The molecule has 0 aromatic heterocycles. The normalized spacial score (nSPS) is 15.9. The van der Waals surface area contributed by atoms with Crippen molar-refractivity contribution in [2.75, 3.05) is 25.9 Å². The van der Waals surface area contributed by atoms with Crippen LogP contribution in [0, 0.1) is 0 Å². The first-order chi connectivity index (χ1) is 8.90. The zero-order chi connectivity index (χ0) is 14.0. The maximum atomic E-state index is 12.0. The van der Waals surface area contributed by atoms with Gasteiger partial charge in [-0.15, -0.1) is 0 Å². The van der Waals surface area contributed by atoms with Gasteiger partial charge >= 0.3 is 0 Å². The smallest absolute Gasteiger partial charge is 0.240 e. The van der Waals surface area contributed by atoms with E-state index in [2.05, 4.69) is 9.62 Å². The molecule has 1 aromatic rings. The number of nitrogens with one attached hydrogen (secondary N) is 1. The van der Waals surface area contributed by atoms with Gasteiger partial charge in [0.2, 0.25) is 10.0 Å². The fourth-order valence-electron chi connectivity index (χ4n) is 1.83. The summed E-state index contributed by atoms with van der Waals surface area (Å²) < 4.78 is 26.6. The van der Waals surface area contributed by atoms with Crippen LogP contribution >= 0.6 is 11.6 Å². The number of nitrogens with two attached hydrogens (primary N) is 1. The van der Waals surface area contributed by atoms with Crippen LogP contribution in [0.5, 0.6) is 0 Å². The Kier molecular flexibility index (Phi) is 4.35. The lowest BCUT2D eigenvalue weighted by atomic mass is 10.3. The number of sulfonamides is 1. The topological polar surface area (TPSA) is 75.4 Å². The van der Waals surface area contributed by atoms with Crippen molar-refractivity contribution in [1.29, 1.82) is 0 Å². The summed E-state index contributed by atoms with van der Waals surface area (Å²) in [4.78, 5) is 2.31. The van der Waals surface area contributed by atoms with Crippen LogP contribution in [0.4, 0.5) is 5.69 Å². The summed E-state index contributed by atoms with van der Waals surface area (Å²) in [6, 6.07) is 4.93. The minimum Gasteiger partial charge on any atom is -0.397 e. The Morgan fingerprint density at radius 2 is 2.16 bits per heavy atom. The van der Waals surface area contributed by atoms with Crippen LogP contribution < -0.4 is 10.5 Å². The van der Waals surface area contributed by atoms with E-state index in [0.29, 0.717) is 24.2 Å². The predicted molar refractivity (Wildman–Crippen MR) is 76.7 cm³/mol. The average Bonchev–Trinajstić information content (AvgIpc) is 3.16. The molecule has 7 heteroatoms. The molecule has 1 aromatic carbocycles. The molecular formula is C12H18ClN3O2S. The highest BCUT2D eigenvalue weighted by molar-refractivity contribution is 7.89. The molecule has 1 fully saturated rings. The summed E-state index contributed by atoms with van der Waals surface area (Å²) in [5, 5.41) is 0.354. The Balaban J connectivity index is 1.95. The number of halogens is 1. The molecule has 0 spiro atoms. The van der Waals surface area contributed by atoms with Crippen molar-refractivity contribution < 1.29 is 8.42 Å². The highest BCUT2D eigenvalue weighted by atomic mass is 35.5. The van der Waals surface area contributed by atoms with Crippen molar-refractivity contribution in [3.63, 3.8) is 0 Å². The summed E-state index contributed by atoms with van der Waals surface area (Å²) in [5.41, 5.74) is 5.87. The van der Waals surface area contributed by atoms with E-state index in [9.17, 15) is 8.42 Å². The third-order valence-corrected chi connectivity index (χ3v) is 5.01. The van der Waals surface area contributed by atoms with Crippen molar-refractivity contribution in [2.24, 2.45) is 0 Å². The maximum Gasteiger partial charge on any atom is 0.240 e. The highest BCUT2D eigenvalue weighted by Crippen LogP contribution is 2.25. The molecule has 106 valence electrons. The van der Waals surface area contributed by atoms with Gasteiger partial charge < -0.3 is 10.6 Å². The highest BCUT2D eigenvalue weighted by Gasteiger charge is 2.25. The van der Waals surface area contributed by atoms with Crippen molar-refractivity contribution >= 4 is 27.3 Å². The summed E-state index contributed by atoms with van der Waals surface area (Å²) in [6.45, 7) is 1.09. The number of anilines is 1. The standard InChI is InChI=1S/C12H18ClN3O2S/c1-16(9-2-3-9)7-6-15-19(17,18)10-4-5-11(13)12(14)8-10/h4-5,8-9,15H,2-3,6-7,14H2,1H3. The van der Waals surface area contributed by atoms with Crippen molar-refractivity contribution in [1.82, 2.24) is 9.62 Å². The van der Waals surface area contributed by atoms with E-state index < -0.39 is 10.0 Å². The van der Waals surface area contributed by atoms with Crippen LogP contribution in [0.2, 0.25) is 5.02 Å². The van der Waals surface area contributed by atoms with Gasteiger partial charge in [-0.1, -0.05) is 11.6 Å². The summed E-state index contributed by atoms with van der Waals surface area (Å²) >= 11 is 5.77. The fraction of sp³-hybridized carbons (Fsp3) is 0.500. The molecule has 3 N–H and O–H groups in total. The largest absolute Gasteiger partial charge is 0.397 e. The molecule has 0 radical (unpaired) electrons. The molecule has 2 rings (SSSR count). The molecule has 5 nitrogen and oxygen atoms in total. The van der Waals surface area contributed by atoms with Gasteiger partial charge in [0.1, 0.15) is 0 Å². The van der Waals surface area contributed by atoms with Gasteiger partial charge in [0, 0.05) is 19.1 Å². The van der Waals surface area contributed by atoms with Crippen molar-refractivity contribution in [2.45, 2.75) is 23.8 Å². The van der Waals surface area contributed by atoms with Crippen LogP contribution in [0.25, 0.3) is 0 Å². The predicted octanol–water partition coefficient (Wildman–Crippen LogP) is 1.29. The molecular weight excluding hydrogens is 286 g/mol. The third-order valence-electron chi connectivity index (χ3n) is 3.20. The first kappa shape index (κ1) is 14.6. The molecule has 1 aliphatic carbocycles. The molecule has 1 saturated carbocycles. The lowest BCUT2D eigenvalue weighted by Gasteiger charge is -2.16. The molecule has 0 heterocycles. The first-order valence-corrected chi connectivity index (χ1v) is 8.01. The van der Waals surface area contributed by atoms with E-state index in [1.54, 1.807) is 0 Å². The van der Waals surface area contributed by atoms with Gasteiger partial charge in [-0.05, 0) is 38.1 Å². The Hall–Kier alpha value is -0.820. The Labute approximate surface area is 118 Å². The minimum absolute atomic E-state index is 0.142. The first-order valence-electron chi connectivity index (χ1n) is 6.15. The monoisotopic (exact) mass is 303 g/mol. The van der Waals surface area contributed by atoms with Gasteiger partial charge in [-0.25, -0.2) is 13.1 Å². The Morgan fingerprint density at radius 1 is 1.47 bits per heavy atom.